The van der Waals surface area contributed by atoms with Crippen LogP contribution in [0.5, 0.6) is 0 Å². The fourth-order valence-electron chi connectivity index (χ4n) is 5.56. The summed E-state index contributed by atoms with van der Waals surface area (Å²) in [5.74, 6) is 0.0460. The third-order valence-electron chi connectivity index (χ3n) is 7.78. The number of carbonyl (C=O) groups excluding carboxylic acids is 2. The first kappa shape index (κ1) is 23.0. The minimum absolute atomic E-state index is 0.0543. The normalized spacial score (nSPS) is 22.9. The summed E-state index contributed by atoms with van der Waals surface area (Å²) < 4.78 is 0. The van der Waals surface area contributed by atoms with Gasteiger partial charge in [0.2, 0.25) is 11.8 Å². The molecule has 1 atom stereocenters. The number of benzene rings is 1. The van der Waals surface area contributed by atoms with Crippen molar-refractivity contribution in [1.29, 1.82) is 0 Å². The Kier molecular flexibility index (Phi) is 6.15. The Balaban J connectivity index is 1.31. The van der Waals surface area contributed by atoms with Gasteiger partial charge in [-0.2, -0.15) is 0 Å². The van der Waals surface area contributed by atoms with Gasteiger partial charge in [0.05, 0.1) is 6.04 Å². The fraction of sp³-hybridized carbons (Fsp3) is 0.556. The number of likely N-dealkylation sites (tertiary alicyclic amines) is 1. The van der Waals surface area contributed by atoms with Gasteiger partial charge in [-0.25, -0.2) is 5.43 Å². The Morgan fingerprint density at radius 1 is 1.15 bits per heavy atom. The van der Waals surface area contributed by atoms with E-state index in [0.717, 1.165) is 60.8 Å². The lowest BCUT2D eigenvalue weighted by Gasteiger charge is -2.30. The van der Waals surface area contributed by atoms with Crippen LogP contribution in [0.2, 0.25) is 0 Å². The molecule has 0 saturated carbocycles. The number of anilines is 1. The number of hydrazine groups is 1. The van der Waals surface area contributed by atoms with Crippen molar-refractivity contribution in [2.45, 2.75) is 71.3 Å². The van der Waals surface area contributed by atoms with E-state index >= 15 is 0 Å². The standard InChI is InChI=1S/C27H37N5O2/c1-27(2)12-11-20-23(16-27)29-30-26(20)22-14-18-9-10-19(15-21(18)28-22)31(3)25(34)17-32-13-7-5-4-6-8-24(32)33/h9-10,14-15,26,28-30H,4-8,11-13,16-17H2,1-3H3/t26-/m0/s1. The molecule has 3 N–H and O–H groups in total. The molecule has 0 radical (unpaired) electrons. The van der Waals surface area contributed by atoms with Gasteiger partial charge in [0.1, 0.15) is 6.54 Å². The number of aromatic amines is 1. The summed E-state index contributed by atoms with van der Waals surface area (Å²) in [6.07, 6.45) is 8.04. The minimum atomic E-state index is -0.0543. The highest BCUT2D eigenvalue weighted by molar-refractivity contribution is 5.98. The van der Waals surface area contributed by atoms with Crippen LogP contribution >= 0.6 is 0 Å². The molecule has 5 rings (SSSR count). The van der Waals surface area contributed by atoms with Gasteiger partial charge in [0.25, 0.3) is 0 Å². The average molecular weight is 464 g/mol. The van der Waals surface area contributed by atoms with Gasteiger partial charge in [0.15, 0.2) is 0 Å². The fourth-order valence-corrected chi connectivity index (χ4v) is 5.56. The van der Waals surface area contributed by atoms with Crippen molar-refractivity contribution in [2.75, 3.05) is 25.0 Å². The highest BCUT2D eigenvalue weighted by Crippen LogP contribution is 2.44. The lowest BCUT2D eigenvalue weighted by Crippen LogP contribution is -2.42. The van der Waals surface area contributed by atoms with Crippen molar-refractivity contribution in [3.63, 3.8) is 0 Å². The molecule has 2 amide bonds. The SMILES string of the molecule is CN(C(=O)CN1CCCCCCC1=O)c1ccc2cc([C@H]3NNC4=C3CCC(C)(C)C4)[nH]c2c1. The van der Waals surface area contributed by atoms with Crippen molar-refractivity contribution in [1.82, 2.24) is 20.7 Å². The molecule has 1 fully saturated rings. The van der Waals surface area contributed by atoms with E-state index in [1.165, 1.54) is 17.7 Å². The van der Waals surface area contributed by atoms with Gasteiger partial charge >= 0.3 is 0 Å². The van der Waals surface area contributed by atoms with Crippen LogP contribution in [0, 0.1) is 5.41 Å². The average Bonchev–Trinajstić information content (AvgIpc) is 3.40. The molecule has 1 aliphatic carbocycles. The number of likely N-dealkylation sites (N-methyl/N-ethyl adjacent to an activating group) is 1. The lowest BCUT2D eigenvalue weighted by atomic mass is 9.75. The van der Waals surface area contributed by atoms with E-state index in [0.29, 0.717) is 18.4 Å². The smallest absolute Gasteiger partial charge is 0.246 e. The van der Waals surface area contributed by atoms with Gasteiger partial charge in [-0.15, -0.1) is 0 Å². The maximum absolute atomic E-state index is 13.0. The van der Waals surface area contributed by atoms with Crippen LogP contribution in [0.3, 0.4) is 0 Å². The molecule has 2 aliphatic heterocycles. The zero-order chi connectivity index (χ0) is 23.9. The quantitative estimate of drug-likeness (QED) is 0.622. The molecular formula is C27H37N5O2. The summed E-state index contributed by atoms with van der Waals surface area (Å²) in [5, 5.41) is 1.13. The molecule has 182 valence electrons. The number of rotatable bonds is 4. The highest BCUT2D eigenvalue weighted by atomic mass is 16.2. The van der Waals surface area contributed by atoms with Gasteiger partial charge in [0, 0.05) is 42.6 Å². The number of carbonyl (C=O) groups is 2. The molecule has 0 bridgehead atoms. The first-order chi connectivity index (χ1) is 16.3. The van der Waals surface area contributed by atoms with E-state index in [4.69, 9.17) is 0 Å². The van der Waals surface area contributed by atoms with E-state index in [9.17, 15) is 9.59 Å². The Bertz CT molecular complexity index is 1130. The van der Waals surface area contributed by atoms with Gasteiger partial charge in [-0.05, 0) is 66.7 Å². The molecule has 7 heteroatoms. The summed E-state index contributed by atoms with van der Waals surface area (Å²) in [7, 11) is 1.80. The molecule has 1 aromatic heterocycles. The van der Waals surface area contributed by atoms with Crippen molar-refractivity contribution in [2.24, 2.45) is 5.41 Å². The first-order valence-electron chi connectivity index (χ1n) is 12.7. The summed E-state index contributed by atoms with van der Waals surface area (Å²) in [6.45, 7) is 5.49. The van der Waals surface area contributed by atoms with E-state index in [1.54, 1.807) is 16.8 Å². The topological polar surface area (TPSA) is 80.5 Å². The van der Waals surface area contributed by atoms with Crippen LogP contribution in [-0.4, -0.2) is 41.8 Å². The molecule has 3 heterocycles. The second kappa shape index (κ2) is 9.10. The predicted molar refractivity (Wildman–Crippen MR) is 135 cm³/mol. The number of hydrogen-bond donors (Lipinski definition) is 3. The maximum atomic E-state index is 13.0. The second-order valence-electron chi connectivity index (χ2n) is 11.0. The number of aromatic nitrogens is 1. The highest BCUT2D eigenvalue weighted by Gasteiger charge is 2.35. The Morgan fingerprint density at radius 3 is 2.82 bits per heavy atom. The van der Waals surface area contributed by atoms with Crippen LogP contribution < -0.4 is 15.8 Å². The van der Waals surface area contributed by atoms with Gasteiger partial charge < -0.3 is 20.2 Å². The molecule has 3 aliphatic rings. The van der Waals surface area contributed by atoms with E-state index < -0.39 is 0 Å². The monoisotopic (exact) mass is 463 g/mol. The zero-order valence-corrected chi connectivity index (χ0v) is 20.7. The number of nitrogens with one attached hydrogen (secondary N) is 3. The van der Waals surface area contributed by atoms with Crippen molar-refractivity contribution in [3.05, 3.63) is 41.2 Å². The van der Waals surface area contributed by atoms with Gasteiger partial charge in [-0.3, -0.25) is 9.59 Å². The number of amides is 2. The summed E-state index contributed by atoms with van der Waals surface area (Å²) >= 11 is 0. The Hall–Kier alpha value is -2.80. The van der Waals surface area contributed by atoms with Crippen molar-refractivity contribution in [3.8, 4) is 0 Å². The van der Waals surface area contributed by atoms with Crippen molar-refractivity contribution >= 4 is 28.4 Å². The predicted octanol–water partition coefficient (Wildman–Crippen LogP) is 4.54. The third-order valence-corrected chi connectivity index (χ3v) is 7.78. The van der Waals surface area contributed by atoms with E-state index in [1.807, 2.05) is 12.1 Å². The molecule has 2 aromatic rings. The number of fused-ring (bicyclic) bond motifs is 1. The number of hydrogen-bond acceptors (Lipinski definition) is 4. The summed E-state index contributed by atoms with van der Waals surface area (Å²) in [5.41, 5.74) is 13.0. The third kappa shape index (κ3) is 4.58. The van der Waals surface area contributed by atoms with Crippen LogP contribution in [0.1, 0.15) is 76.9 Å². The lowest BCUT2D eigenvalue weighted by molar-refractivity contribution is -0.135. The van der Waals surface area contributed by atoms with Crippen molar-refractivity contribution < 1.29 is 9.59 Å². The number of nitrogens with zero attached hydrogens (tertiary/aromatic N) is 2. The van der Waals surface area contributed by atoms with Crippen LogP contribution in [0.15, 0.2) is 35.5 Å². The summed E-state index contributed by atoms with van der Waals surface area (Å²) in [6, 6.07) is 8.45. The molecule has 0 unspecified atom stereocenters. The number of H-pyrrole nitrogens is 1. The molecular weight excluding hydrogens is 426 g/mol. The van der Waals surface area contributed by atoms with Crippen LogP contribution in [0.25, 0.3) is 10.9 Å². The Labute approximate surface area is 201 Å². The molecule has 34 heavy (non-hydrogen) atoms. The molecule has 0 spiro atoms. The summed E-state index contributed by atoms with van der Waals surface area (Å²) in [4.78, 5) is 32.4. The zero-order valence-electron chi connectivity index (χ0n) is 20.7. The number of allylic oxidation sites excluding steroid dienone is 1. The maximum Gasteiger partial charge on any atom is 0.246 e. The molecule has 1 aromatic carbocycles. The van der Waals surface area contributed by atoms with Gasteiger partial charge in [-0.1, -0.05) is 32.8 Å². The van der Waals surface area contributed by atoms with Crippen LogP contribution in [-0.2, 0) is 9.59 Å². The largest absolute Gasteiger partial charge is 0.357 e. The van der Waals surface area contributed by atoms with Crippen LogP contribution in [0.4, 0.5) is 5.69 Å². The first-order valence-corrected chi connectivity index (χ1v) is 12.7. The van der Waals surface area contributed by atoms with E-state index in [-0.39, 0.29) is 24.4 Å². The second-order valence-corrected chi connectivity index (χ2v) is 11.0. The van der Waals surface area contributed by atoms with E-state index in [2.05, 4.69) is 41.8 Å². The molecule has 1 saturated heterocycles. The Morgan fingerprint density at radius 2 is 1.97 bits per heavy atom. The molecule has 7 nitrogen and oxygen atoms in total. The minimum Gasteiger partial charge on any atom is -0.357 e.